The molecule has 8 heteroatoms. The molecule has 168 valence electrons. The molecule has 0 amide bonds. The zero-order chi connectivity index (χ0) is 22.8. The lowest BCUT2D eigenvalue weighted by Crippen LogP contribution is -2.48. The average Bonchev–Trinajstić information content (AvgIpc) is 3.06. The average molecular weight is 444 g/mol. The van der Waals surface area contributed by atoms with Crippen LogP contribution in [0.5, 0.6) is 0 Å². The number of nitrogens with zero attached hydrogens (tertiary/aromatic N) is 5. The normalized spacial score (nSPS) is 17.9. The number of allylic oxidation sites excluding steroid dienone is 6. The second kappa shape index (κ2) is 8.82. The minimum absolute atomic E-state index is 0.0665. The van der Waals surface area contributed by atoms with Crippen molar-refractivity contribution in [3.05, 3.63) is 78.1 Å². The van der Waals surface area contributed by atoms with Crippen molar-refractivity contribution in [2.45, 2.75) is 25.0 Å². The van der Waals surface area contributed by atoms with Crippen molar-refractivity contribution in [3.63, 3.8) is 0 Å². The molecule has 0 radical (unpaired) electrons. The summed E-state index contributed by atoms with van der Waals surface area (Å²) in [5, 5.41) is 24.0. The molecule has 2 aliphatic rings. The monoisotopic (exact) mass is 443 g/mol. The fourth-order valence-electron chi connectivity index (χ4n) is 4.26. The van der Waals surface area contributed by atoms with Gasteiger partial charge in [-0.05, 0) is 30.0 Å². The van der Waals surface area contributed by atoms with E-state index in [1.54, 1.807) is 10.7 Å². The number of hydrogen-bond acceptors (Lipinski definition) is 7. The molecular formula is C25H25N5O3. The molecule has 0 aromatic carbocycles. The Morgan fingerprint density at radius 2 is 2.09 bits per heavy atom. The van der Waals surface area contributed by atoms with Crippen LogP contribution in [-0.4, -0.2) is 66.3 Å². The molecule has 3 aromatic heterocycles. The topological polar surface area (TPSA) is 104 Å². The zero-order valence-corrected chi connectivity index (χ0v) is 18.1. The summed E-state index contributed by atoms with van der Waals surface area (Å²) in [7, 11) is 0. The van der Waals surface area contributed by atoms with E-state index in [-0.39, 0.29) is 6.54 Å². The van der Waals surface area contributed by atoms with Gasteiger partial charge in [-0.2, -0.15) is 5.10 Å². The lowest BCUT2D eigenvalue weighted by molar-refractivity contribution is -0.130. The second-order valence-corrected chi connectivity index (χ2v) is 8.52. The number of aliphatic hydroxyl groups excluding tert-OH is 1. The van der Waals surface area contributed by atoms with Crippen LogP contribution in [0.3, 0.4) is 0 Å². The van der Waals surface area contributed by atoms with Gasteiger partial charge in [0.25, 0.3) is 0 Å². The summed E-state index contributed by atoms with van der Waals surface area (Å²) in [6, 6.07) is 4.06. The second-order valence-electron chi connectivity index (χ2n) is 8.52. The molecule has 0 saturated carbocycles. The first-order chi connectivity index (χ1) is 16.1. The van der Waals surface area contributed by atoms with Crippen molar-refractivity contribution in [1.82, 2.24) is 24.5 Å². The summed E-state index contributed by atoms with van der Waals surface area (Å²) in [5.74, 6) is 0. The van der Waals surface area contributed by atoms with E-state index >= 15 is 0 Å². The molecule has 0 spiro atoms. The lowest BCUT2D eigenvalue weighted by atomic mass is 10.0. The Balaban J connectivity index is 1.42. The van der Waals surface area contributed by atoms with Crippen molar-refractivity contribution in [1.29, 1.82) is 0 Å². The number of fused-ring (bicyclic) bond motifs is 2. The van der Waals surface area contributed by atoms with E-state index in [9.17, 15) is 15.0 Å². The fraction of sp³-hybridized carbons (Fsp3) is 0.280. The predicted molar refractivity (Wildman–Crippen MR) is 124 cm³/mol. The van der Waals surface area contributed by atoms with Crippen molar-refractivity contribution in [2.24, 2.45) is 0 Å². The van der Waals surface area contributed by atoms with Gasteiger partial charge in [-0.3, -0.25) is 14.7 Å². The molecule has 33 heavy (non-hydrogen) atoms. The Labute approximate surface area is 191 Å². The Morgan fingerprint density at radius 3 is 2.88 bits per heavy atom. The molecule has 1 aliphatic carbocycles. The molecule has 4 heterocycles. The van der Waals surface area contributed by atoms with Crippen molar-refractivity contribution in [2.75, 3.05) is 19.7 Å². The molecule has 2 N–H and O–H groups in total. The summed E-state index contributed by atoms with van der Waals surface area (Å²) >= 11 is 0. The highest BCUT2D eigenvalue weighted by Gasteiger charge is 2.30. The first-order valence-electron chi connectivity index (χ1n) is 11.0. The first-order valence-corrected chi connectivity index (χ1v) is 11.0. The maximum absolute atomic E-state index is 11.2. The smallest absolute Gasteiger partial charge is 0.163 e. The number of aldehydes is 1. The Hall–Kier alpha value is -3.46. The molecule has 5 rings (SSSR count). The van der Waals surface area contributed by atoms with Crippen LogP contribution in [0.2, 0.25) is 0 Å². The summed E-state index contributed by atoms with van der Waals surface area (Å²) in [6.45, 7) is 0.609. The molecule has 0 saturated heterocycles. The fourth-order valence-corrected chi connectivity index (χ4v) is 4.26. The van der Waals surface area contributed by atoms with Gasteiger partial charge < -0.3 is 10.2 Å². The summed E-state index contributed by atoms with van der Waals surface area (Å²) in [6.07, 6.45) is 17.9. The molecule has 1 aliphatic heterocycles. The van der Waals surface area contributed by atoms with E-state index in [2.05, 4.69) is 22.2 Å². The Kier molecular flexibility index (Phi) is 5.72. The summed E-state index contributed by atoms with van der Waals surface area (Å²) in [5.41, 5.74) is 4.88. The van der Waals surface area contributed by atoms with Crippen molar-refractivity contribution in [3.8, 4) is 11.1 Å². The van der Waals surface area contributed by atoms with Crippen LogP contribution < -0.4 is 0 Å². The van der Waals surface area contributed by atoms with Gasteiger partial charge in [-0.25, -0.2) is 9.50 Å². The summed E-state index contributed by atoms with van der Waals surface area (Å²) < 4.78 is 1.79. The van der Waals surface area contributed by atoms with Crippen molar-refractivity contribution < 1.29 is 15.0 Å². The Morgan fingerprint density at radius 1 is 1.18 bits per heavy atom. The molecule has 1 unspecified atom stereocenters. The first kappa shape index (κ1) is 21.4. The highest BCUT2D eigenvalue weighted by molar-refractivity contribution is 5.77. The molecular weight excluding hydrogens is 418 g/mol. The van der Waals surface area contributed by atoms with Crippen LogP contribution in [0.15, 0.2) is 61.1 Å². The number of aliphatic hydroxyl groups is 2. The summed E-state index contributed by atoms with van der Waals surface area (Å²) in [4.78, 5) is 22.7. The van der Waals surface area contributed by atoms with Crippen LogP contribution >= 0.6 is 0 Å². The molecule has 8 nitrogen and oxygen atoms in total. The minimum Gasteiger partial charge on any atom is -0.393 e. The molecule has 3 aromatic rings. The van der Waals surface area contributed by atoms with Crippen molar-refractivity contribution >= 4 is 17.5 Å². The molecule has 0 bridgehead atoms. The van der Waals surface area contributed by atoms with E-state index < -0.39 is 12.2 Å². The molecule has 1 atom stereocenters. The predicted octanol–water partition coefficient (Wildman–Crippen LogP) is 1.97. The van der Waals surface area contributed by atoms with Crippen LogP contribution in [-0.2, 0) is 17.8 Å². The number of carbonyl (C=O) groups is 1. The largest absolute Gasteiger partial charge is 0.393 e. The lowest BCUT2D eigenvalue weighted by Gasteiger charge is -2.32. The van der Waals surface area contributed by atoms with Gasteiger partial charge in [0.15, 0.2) is 17.5 Å². The SMILES string of the molecule is O=CC(O)(CO)CN1CCc2cn3ncc(-c4ccc(C5=CC=CC=CC5)nc4)c3nc2C1. The van der Waals surface area contributed by atoms with Crippen LogP contribution in [0, 0.1) is 0 Å². The number of aromatic nitrogens is 4. The van der Waals surface area contributed by atoms with Gasteiger partial charge in [-0.15, -0.1) is 0 Å². The number of pyridine rings is 1. The minimum atomic E-state index is -1.75. The number of β-amino-alcohol motifs (C(OH)–C–C–N with tert-alkyl or cyclic N) is 1. The third-order valence-electron chi connectivity index (χ3n) is 6.12. The van der Waals surface area contributed by atoms with E-state index in [1.165, 1.54) is 0 Å². The van der Waals surface area contributed by atoms with Crippen LogP contribution in [0.4, 0.5) is 0 Å². The van der Waals surface area contributed by atoms with E-state index in [1.807, 2.05) is 47.7 Å². The van der Waals surface area contributed by atoms with Gasteiger partial charge in [0.2, 0.25) is 0 Å². The number of rotatable bonds is 6. The third-order valence-corrected chi connectivity index (χ3v) is 6.12. The highest BCUT2D eigenvalue weighted by atomic mass is 16.3. The quantitative estimate of drug-likeness (QED) is 0.562. The Bertz CT molecular complexity index is 1280. The third kappa shape index (κ3) is 4.28. The number of carbonyl (C=O) groups excluding carboxylic acids is 1. The standard InChI is InChI=1S/C25H25N5O3/c31-16-25(33,17-32)15-29-10-9-20-13-30-24(28-23(20)14-29)21(12-27-30)19-7-8-22(26-11-19)18-5-3-1-2-4-6-18/h1-5,7-8,11-13,16,32-33H,6,9-10,14-15,17H2. The van der Waals surface area contributed by atoms with Gasteiger partial charge in [-0.1, -0.05) is 36.4 Å². The van der Waals surface area contributed by atoms with E-state index in [4.69, 9.17) is 4.98 Å². The van der Waals surface area contributed by atoms with Gasteiger partial charge in [0.1, 0.15) is 0 Å². The zero-order valence-electron chi connectivity index (χ0n) is 18.1. The van der Waals surface area contributed by atoms with Crippen LogP contribution in [0.1, 0.15) is 23.4 Å². The van der Waals surface area contributed by atoms with Gasteiger partial charge in [0.05, 0.1) is 24.2 Å². The highest BCUT2D eigenvalue weighted by Crippen LogP contribution is 2.27. The molecule has 0 fully saturated rings. The maximum Gasteiger partial charge on any atom is 0.163 e. The van der Waals surface area contributed by atoms with E-state index in [0.29, 0.717) is 19.4 Å². The van der Waals surface area contributed by atoms with E-state index in [0.717, 1.165) is 52.1 Å². The van der Waals surface area contributed by atoms with Crippen LogP contribution in [0.25, 0.3) is 22.3 Å². The van der Waals surface area contributed by atoms with Gasteiger partial charge in [0, 0.05) is 43.2 Å². The van der Waals surface area contributed by atoms with Gasteiger partial charge >= 0.3 is 0 Å². The maximum atomic E-state index is 11.2. The number of hydrogen-bond donors (Lipinski definition) is 2.